The molecule has 2 fully saturated rings. The average molecular weight is 252 g/mol. The maximum Gasteiger partial charge on any atom is 0.158 e. The van der Waals surface area contributed by atoms with E-state index in [4.69, 9.17) is 14.6 Å². The van der Waals surface area contributed by atoms with Crippen molar-refractivity contribution in [3.63, 3.8) is 0 Å². The van der Waals surface area contributed by atoms with Gasteiger partial charge in [0.2, 0.25) is 0 Å². The summed E-state index contributed by atoms with van der Waals surface area (Å²) in [6, 6.07) is 0. The van der Waals surface area contributed by atoms with E-state index in [-0.39, 0.29) is 6.29 Å². The predicted molar refractivity (Wildman–Crippen MR) is 69.9 cm³/mol. The van der Waals surface area contributed by atoms with Crippen molar-refractivity contribution in [2.75, 3.05) is 19.8 Å². The van der Waals surface area contributed by atoms with Crippen LogP contribution in [0.5, 0.6) is 0 Å². The maximum absolute atomic E-state index is 9.07. The molecule has 1 unspecified atom stereocenters. The Morgan fingerprint density at radius 2 is 1.94 bits per heavy atom. The van der Waals surface area contributed by atoms with Crippen molar-refractivity contribution in [2.24, 2.45) is 11.8 Å². The molecule has 2 rings (SSSR count). The third-order valence-corrected chi connectivity index (χ3v) is 3.89. The molecular weight excluding hydrogens is 228 g/mol. The van der Waals surface area contributed by atoms with E-state index in [1.54, 1.807) is 0 Å². The van der Waals surface area contributed by atoms with Crippen LogP contribution in [-0.4, -0.2) is 31.2 Å². The fourth-order valence-electron chi connectivity index (χ4n) is 2.65. The molecule has 1 saturated carbocycles. The SMILES string of the molecule is OCC1CCC(C#CCOC2CCCCO2)CC1. The summed E-state index contributed by atoms with van der Waals surface area (Å²) in [4.78, 5) is 0. The first-order valence-electron chi connectivity index (χ1n) is 7.21. The van der Waals surface area contributed by atoms with E-state index in [1.165, 1.54) is 6.42 Å². The van der Waals surface area contributed by atoms with Gasteiger partial charge in [-0.2, -0.15) is 0 Å². The molecule has 3 nitrogen and oxygen atoms in total. The first kappa shape index (κ1) is 13.9. The summed E-state index contributed by atoms with van der Waals surface area (Å²) < 4.78 is 11.1. The van der Waals surface area contributed by atoms with Crippen molar-refractivity contribution in [1.29, 1.82) is 0 Å². The Morgan fingerprint density at radius 1 is 1.11 bits per heavy atom. The Bertz CT molecular complexity index is 278. The molecule has 0 aromatic carbocycles. The summed E-state index contributed by atoms with van der Waals surface area (Å²) in [5.74, 6) is 7.43. The molecule has 0 spiro atoms. The van der Waals surface area contributed by atoms with Crippen LogP contribution in [0.25, 0.3) is 0 Å². The second-order valence-electron chi connectivity index (χ2n) is 5.33. The van der Waals surface area contributed by atoms with Crippen LogP contribution in [0.15, 0.2) is 0 Å². The summed E-state index contributed by atoms with van der Waals surface area (Å²) in [7, 11) is 0. The zero-order valence-electron chi connectivity index (χ0n) is 11.1. The van der Waals surface area contributed by atoms with Crippen LogP contribution in [0.3, 0.4) is 0 Å². The predicted octanol–water partition coefficient (Wildman–Crippen LogP) is 2.33. The van der Waals surface area contributed by atoms with Crippen LogP contribution in [0, 0.1) is 23.7 Å². The van der Waals surface area contributed by atoms with Crippen LogP contribution in [0.2, 0.25) is 0 Å². The Labute approximate surface area is 110 Å². The van der Waals surface area contributed by atoms with Crippen molar-refractivity contribution in [3.05, 3.63) is 0 Å². The Morgan fingerprint density at radius 3 is 2.61 bits per heavy atom. The minimum atomic E-state index is -0.0295. The fraction of sp³-hybridized carbons (Fsp3) is 0.867. The molecule has 102 valence electrons. The monoisotopic (exact) mass is 252 g/mol. The number of hydrogen-bond donors (Lipinski definition) is 1. The van der Waals surface area contributed by atoms with Gasteiger partial charge in [0.15, 0.2) is 6.29 Å². The molecule has 0 aromatic heterocycles. The second-order valence-corrected chi connectivity index (χ2v) is 5.33. The third kappa shape index (κ3) is 4.61. The van der Waals surface area contributed by atoms with Gasteiger partial charge in [-0.1, -0.05) is 11.8 Å². The molecule has 1 saturated heterocycles. The standard InChI is InChI=1S/C15H24O3/c16-12-14-8-6-13(7-9-14)4-3-11-18-15-5-1-2-10-17-15/h13-16H,1-2,5-12H2. The first-order chi connectivity index (χ1) is 8.88. The molecule has 1 N–H and O–H groups in total. The van der Waals surface area contributed by atoms with Gasteiger partial charge < -0.3 is 14.6 Å². The van der Waals surface area contributed by atoms with Crippen LogP contribution < -0.4 is 0 Å². The van der Waals surface area contributed by atoms with E-state index in [1.807, 2.05) is 0 Å². The quantitative estimate of drug-likeness (QED) is 0.784. The molecule has 1 heterocycles. The van der Waals surface area contributed by atoms with E-state index in [2.05, 4.69) is 11.8 Å². The van der Waals surface area contributed by atoms with E-state index in [0.717, 1.165) is 45.1 Å². The number of hydrogen-bond acceptors (Lipinski definition) is 3. The molecule has 0 aromatic rings. The molecule has 3 heteroatoms. The first-order valence-corrected chi connectivity index (χ1v) is 7.21. The van der Waals surface area contributed by atoms with Crippen LogP contribution in [-0.2, 0) is 9.47 Å². The zero-order valence-corrected chi connectivity index (χ0v) is 11.1. The topological polar surface area (TPSA) is 38.7 Å². The van der Waals surface area contributed by atoms with E-state index < -0.39 is 0 Å². The zero-order chi connectivity index (χ0) is 12.6. The van der Waals surface area contributed by atoms with Gasteiger partial charge in [-0.15, -0.1) is 0 Å². The van der Waals surface area contributed by atoms with E-state index in [9.17, 15) is 0 Å². The summed E-state index contributed by atoms with van der Waals surface area (Å²) in [6.45, 7) is 1.65. The summed E-state index contributed by atoms with van der Waals surface area (Å²) in [6.07, 6.45) is 7.80. The van der Waals surface area contributed by atoms with Gasteiger partial charge in [-0.05, 0) is 50.9 Å². The highest BCUT2D eigenvalue weighted by molar-refractivity contribution is 5.05. The van der Waals surface area contributed by atoms with Gasteiger partial charge in [-0.3, -0.25) is 0 Å². The smallest absolute Gasteiger partial charge is 0.158 e. The molecule has 1 atom stereocenters. The largest absolute Gasteiger partial charge is 0.396 e. The Hall–Kier alpha value is -0.560. The minimum absolute atomic E-state index is 0.0295. The average Bonchev–Trinajstić information content (AvgIpc) is 2.45. The molecule has 0 radical (unpaired) electrons. The van der Waals surface area contributed by atoms with Crippen LogP contribution in [0.1, 0.15) is 44.9 Å². The van der Waals surface area contributed by atoms with E-state index in [0.29, 0.717) is 25.0 Å². The van der Waals surface area contributed by atoms with Gasteiger partial charge in [-0.25, -0.2) is 0 Å². The van der Waals surface area contributed by atoms with Gasteiger partial charge in [0.1, 0.15) is 6.61 Å². The number of ether oxygens (including phenoxy) is 2. The summed E-state index contributed by atoms with van der Waals surface area (Å²) in [5, 5.41) is 9.07. The van der Waals surface area contributed by atoms with Crippen molar-refractivity contribution in [3.8, 4) is 11.8 Å². The lowest BCUT2D eigenvalue weighted by atomic mass is 9.83. The number of aliphatic hydroxyl groups excluding tert-OH is 1. The van der Waals surface area contributed by atoms with Gasteiger partial charge >= 0.3 is 0 Å². The lowest BCUT2D eigenvalue weighted by molar-refractivity contribution is -0.154. The highest BCUT2D eigenvalue weighted by Gasteiger charge is 2.18. The maximum atomic E-state index is 9.07. The molecule has 0 amide bonds. The summed E-state index contributed by atoms with van der Waals surface area (Å²) in [5.41, 5.74) is 0. The molecule has 1 aliphatic carbocycles. The van der Waals surface area contributed by atoms with Crippen molar-refractivity contribution >= 4 is 0 Å². The van der Waals surface area contributed by atoms with Crippen molar-refractivity contribution in [1.82, 2.24) is 0 Å². The molecule has 2 aliphatic rings. The molecular formula is C15H24O3. The highest BCUT2D eigenvalue weighted by Crippen LogP contribution is 2.27. The van der Waals surface area contributed by atoms with Gasteiger partial charge in [0.25, 0.3) is 0 Å². The van der Waals surface area contributed by atoms with Crippen LogP contribution >= 0.6 is 0 Å². The molecule has 1 aliphatic heterocycles. The van der Waals surface area contributed by atoms with Crippen molar-refractivity contribution in [2.45, 2.75) is 51.2 Å². The summed E-state index contributed by atoms with van der Waals surface area (Å²) >= 11 is 0. The lowest BCUT2D eigenvalue weighted by Gasteiger charge is -2.23. The third-order valence-electron chi connectivity index (χ3n) is 3.89. The highest BCUT2D eigenvalue weighted by atomic mass is 16.7. The normalized spacial score (nSPS) is 32.6. The minimum Gasteiger partial charge on any atom is -0.396 e. The van der Waals surface area contributed by atoms with Crippen molar-refractivity contribution < 1.29 is 14.6 Å². The van der Waals surface area contributed by atoms with E-state index >= 15 is 0 Å². The lowest BCUT2D eigenvalue weighted by Crippen LogP contribution is -2.22. The number of rotatable bonds is 3. The number of aliphatic hydroxyl groups is 1. The fourth-order valence-corrected chi connectivity index (χ4v) is 2.65. The van der Waals surface area contributed by atoms with Crippen LogP contribution in [0.4, 0.5) is 0 Å². The van der Waals surface area contributed by atoms with Gasteiger partial charge in [0, 0.05) is 19.1 Å². The molecule has 18 heavy (non-hydrogen) atoms. The Balaban J connectivity index is 1.60. The second kappa shape index (κ2) is 7.78. The molecule has 0 bridgehead atoms. The van der Waals surface area contributed by atoms with Gasteiger partial charge in [0.05, 0.1) is 0 Å². The Kier molecular flexibility index (Phi) is 5.99.